The molecule has 0 aliphatic heterocycles. The molecule has 0 aliphatic carbocycles. The van der Waals surface area contributed by atoms with E-state index >= 15 is 0 Å². The van der Waals surface area contributed by atoms with Gasteiger partial charge in [-0.15, -0.1) is 0 Å². The number of carbonyl (C=O) groups is 1. The highest BCUT2D eigenvalue weighted by Gasteiger charge is 2.30. The van der Waals surface area contributed by atoms with E-state index in [1.165, 1.54) is 42.5 Å². The van der Waals surface area contributed by atoms with Crippen molar-refractivity contribution in [2.24, 2.45) is 0 Å². The van der Waals surface area contributed by atoms with Gasteiger partial charge in [0.05, 0.1) is 10.5 Å². The molecular weight excluding hydrogens is 381 g/mol. The van der Waals surface area contributed by atoms with E-state index in [0.717, 1.165) is 18.2 Å². The lowest BCUT2D eigenvalue weighted by Gasteiger charge is -2.08. The summed E-state index contributed by atoms with van der Waals surface area (Å²) in [4.78, 5) is 12.0. The quantitative estimate of drug-likeness (QED) is 0.730. The van der Waals surface area contributed by atoms with Crippen molar-refractivity contribution in [2.45, 2.75) is 18.0 Å². The second kappa shape index (κ2) is 8.36. The number of sulfonamides is 1. The predicted molar refractivity (Wildman–Crippen MR) is 96.4 cm³/mol. The number of anilines is 1. The van der Waals surface area contributed by atoms with Crippen LogP contribution in [0.25, 0.3) is 6.08 Å². The van der Waals surface area contributed by atoms with Gasteiger partial charge in [-0.05, 0) is 42.0 Å². The SMILES string of the molecule is CCNS(=O)(=O)c1ccc(/C=C/C(=O)Nc2cccc(C(F)(F)F)c2)cc1. The van der Waals surface area contributed by atoms with Crippen molar-refractivity contribution >= 4 is 27.7 Å². The normalized spacial score (nSPS) is 12.3. The molecule has 0 aliphatic rings. The molecular formula is C18H17F3N2O3S. The number of halogens is 3. The summed E-state index contributed by atoms with van der Waals surface area (Å²) in [6.45, 7) is 1.93. The van der Waals surface area contributed by atoms with E-state index in [4.69, 9.17) is 0 Å². The molecule has 1 amide bonds. The zero-order valence-electron chi connectivity index (χ0n) is 14.2. The molecule has 0 aromatic heterocycles. The lowest BCUT2D eigenvalue weighted by molar-refractivity contribution is -0.137. The average Bonchev–Trinajstić information content (AvgIpc) is 2.60. The number of rotatable bonds is 6. The number of hydrogen-bond acceptors (Lipinski definition) is 3. The Balaban J connectivity index is 2.05. The van der Waals surface area contributed by atoms with Crippen LogP contribution in [0.2, 0.25) is 0 Å². The average molecular weight is 398 g/mol. The number of alkyl halides is 3. The Morgan fingerprint density at radius 1 is 1.11 bits per heavy atom. The van der Waals surface area contributed by atoms with E-state index < -0.39 is 27.7 Å². The van der Waals surface area contributed by atoms with Crippen LogP contribution in [-0.2, 0) is 21.0 Å². The monoisotopic (exact) mass is 398 g/mol. The van der Waals surface area contributed by atoms with Gasteiger partial charge >= 0.3 is 6.18 Å². The zero-order valence-corrected chi connectivity index (χ0v) is 15.1. The minimum Gasteiger partial charge on any atom is -0.322 e. The summed E-state index contributed by atoms with van der Waals surface area (Å²) < 4.78 is 64.0. The third-order valence-electron chi connectivity index (χ3n) is 3.41. The molecule has 27 heavy (non-hydrogen) atoms. The van der Waals surface area contributed by atoms with Gasteiger partial charge in [0, 0.05) is 18.3 Å². The molecule has 0 unspecified atom stereocenters. The molecule has 0 bridgehead atoms. The molecule has 0 saturated carbocycles. The molecule has 0 spiro atoms. The van der Waals surface area contributed by atoms with E-state index in [9.17, 15) is 26.4 Å². The summed E-state index contributed by atoms with van der Waals surface area (Å²) in [7, 11) is -3.56. The predicted octanol–water partition coefficient (Wildman–Crippen LogP) is 3.66. The maximum absolute atomic E-state index is 12.7. The second-order valence-corrected chi connectivity index (χ2v) is 7.24. The fourth-order valence-corrected chi connectivity index (χ4v) is 3.20. The highest BCUT2D eigenvalue weighted by molar-refractivity contribution is 7.89. The fraction of sp³-hybridized carbons (Fsp3) is 0.167. The topological polar surface area (TPSA) is 75.3 Å². The molecule has 144 valence electrons. The van der Waals surface area contributed by atoms with Crippen molar-refractivity contribution in [3.8, 4) is 0 Å². The Morgan fingerprint density at radius 2 is 1.78 bits per heavy atom. The van der Waals surface area contributed by atoms with Crippen LogP contribution in [0.4, 0.5) is 18.9 Å². The van der Waals surface area contributed by atoms with E-state index in [0.29, 0.717) is 5.56 Å². The Hall–Kier alpha value is -2.65. The molecule has 0 atom stereocenters. The Labute approximate surface area is 155 Å². The molecule has 2 aromatic carbocycles. The molecule has 0 saturated heterocycles. The smallest absolute Gasteiger partial charge is 0.322 e. The summed E-state index contributed by atoms with van der Waals surface area (Å²) in [5.41, 5.74) is -0.280. The lowest BCUT2D eigenvalue weighted by Crippen LogP contribution is -2.22. The van der Waals surface area contributed by atoms with Crippen molar-refractivity contribution in [1.29, 1.82) is 0 Å². The van der Waals surface area contributed by atoms with Crippen LogP contribution in [0.5, 0.6) is 0 Å². The first kappa shape index (κ1) is 20.7. The number of nitrogens with one attached hydrogen (secondary N) is 2. The van der Waals surface area contributed by atoms with E-state index in [2.05, 4.69) is 10.0 Å². The minimum atomic E-state index is -4.49. The van der Waals surface area contributed by atoms with Gasteiger partial charge in [-0.25, -0.2) is 13.1 Å². The highest BCUT2D eigenvalue weighted by Crippen LogP contribution is 2.30. The van der Waals surface area contributed by atoms with Crippen LogP contribution in [0.3, 0.4) is 0 Å². The highest BCUT2D eigenvalue weighted by atomic mass is 32.2. The largest absolute Gasteiger partial charge is 0.416 e. The van der Waals surface area contributed by atoms with Crippen molar-refractivity contribution in [1.82, 2.24) is 4.72 Å². The molecule has 0 radical (unpaired) electrons. The number of carbonyl (C=O) groups excluding carboxylic acids is 1. The minimum absolute atomic E-state index is 0.0200. The molecule has 2 rings (SSSR count). The van der Waals surface area contributed by atoms with Crippen LogP contribution in [-0.4, -0.2) is 20.9 Å². The maximum atomic E-state index is 12.7. The van der Waals surface area contributed by atoms with Gasteiger partial charge in [-0.3, -0.25) is 4.79 Å². The Morgan fingerprint density at radius 3 is 2.37 bits per heavy atom. The summed E-state index contributed by atoms with van der Waals surface area (Å²) in [5, 5.41) is 2.35. The fourth-order valence-electron chi connectivity index (χ4n) is 2.16. The van der Waals surface area contributed by atoms with Gasteiger partial charge in [-0.1, -0.05) is 25.1 Å². The molecule has 2 N–H and O–H groups in total. The summed E-state index contributed by atoms with van der Waals surface area (Å²) >= 11 is 0. The summed E-state index contributed by atoms with van der Waals surface area (Å²) in [6.07, 6.45) is -1.92. The van der Waals surface area contributed by atoms with Crippen LogP contribution < -0.4 is 10.0 Å². The number of hydrogen-bond donors (Lipinski definition) is 2. The molecule has 0 fully saturated rings. The first-order valence-corrected chi connectivity index (χ1v) is 9.36. The summed E-state index contributed by atoms with van der Waals surface area (Å²) in [6, 6.07) is 10.1. The van der Waals surface area contributed by atoms with Gasteiger partial charge in [0.2, 0.25) is 15.9 Å². The maximum Gasteiger partial charge on any atom is 0.416 e. The first-order valence-electron chi connectivity index (χ1n) is 7.88. The molecule has 2 aromatic rings. The third-order valence-corrected chi connectivity index (χ3v) is 4.97. The van der Waals surface area contributed by atoms with Crippen molar-refractivity contribution in [3.63, 3.8) is 0 Å². The Kier molecular flexibility index (Phi) is 6.40. The number of amides is 1. The van der Waals surface area contributed by atoms with Crippen molar-refractivity contribution < 1.29 is 26.4 Å². The van der Waals surface area contributed by atoms with Gasteiger partial charge in [0.25, 0.3) is 0 Å². The molecule has 5 nitrogen and oxygen atoms in total. The van der Waals surface area contributed by atoms with E-state index in [1.54, 1.807) is 6.92 Å². The van der Waals surface area contributed by atoms with Crippen LogP contribution in [0.15, 0.2) is 59.5 Å². The van der Waals surface area contributed by atoms with Gasteiger partial charge < -0.3 is 5.32 Å². The molecule has 0 heterocycles. The van der Waals surface area contributed by atoms with Gasteiger partial charge in [0.1, 0.15) is 0 Å². The van der Waals surface area contributed by atoms with Crippen LogP contribution in [0.1, 0.15) is 18.1 Å². The van der Waals surface area contributed by atoms with Gasteiger partial charge in [-0.2, -0.15) is 13.2 Å². The third kappa shape index (κ3) is 5.93. The van der Waals surface area contributed by atoms with E-state index in [1.807, 2.05) is 0 Å². The van der Waals surface area contributed by atoms with Crippen LogP contribution in [0, 0.1) is 0 Å². The Bertz CT molecular complexity index is 937. The van der Waals surface area contributed by atoms with Crippen molar-refractivity contribution in [3.05, 3.63) is 65.7 Å². The van der Waals surface area contributed by atoms with Crippen LogP contribution >= 0.6 is 0 Å². The standard InChI is InChI=1S/C18H17F3N2O3S/c1-2-22-27(25,26)16-9-6-13(7-10-16)8-11-17(24)23-15-5-3-4-14(12-15)18(19,20)21/h3-12,22H,2H2,1H3,(H,23,24)/b11-8+. The lowest BCUT2D eigenvalue weighted by atomic mass is 10.2. The first-order chi connectivity index (χ1) is 12.6. The van der Waals surface area contributed by atoms with E-state index in [-0.39, 0.29) is 17.1 Å². The molecule has 9 heteroatoms. The number of benzene rings is 2. The second-order valence-electron chi connectivity index (χ2n) is 5.47. The zero-order chi connectivity index (χ0) is 20.1. The summed E-state index contributed by atoms with van der Waals surface area (Å²) in [5.74, 6) is -0.612. The van der Waals surface area contributed by atoms with Gasteiger partial charge in [0.15, 0.2) is 0 Å². The van der Waals surface area contributed by atoms with Crippen molar-refractivity contribution in [2.75, 3.05) is 11.9 Å².